The highest BCUT2D eigenvalue weighted by molar-refractivity contribution is 5.92. The smallest absolute Gasteiger partial charge is 0.303 e. The van der Waals surface area contributed by atoms with Gasteiger partial charge in [0.15, 0.2) is 0 Å². The third kappa shape index (κ3) is 16.1. The Hall–Kier alpha value is -3.22. The number of carboxylic acid groups (broad SMARTS) is 1. The molecular weight excluding hydrogens is 582 g/mol. The zero-order valence-electron chi connectivity index (χ0n) is 27.9. The lowest BCUT2D eigenvalue weighted by Gasteiger charge is -2.30. The fraction of sp³-hybridized carbons (Fsp3) is 0.812. The predicted molar refractivity (Wildman–Crippen MR) is 170 cm³/mol. The zero-order valence-corrected chi connectivity index (χ0v) is 27.9. The van der Waals surface area contributed by atoms with Crippen LogP contribution in [0.15, 0.2) is 0 Å². The van der Waals surface area contributed by atoms with Gasteiger partial charge in [-0.15, -0.1) is 0 Å². The van der Waals surface area contributed by atoms with Crippen molar-refractivity contribution in [1.29, 1.82) is 0 Å². The number of amides is 5. The molecule has 7 N–H and O–H groups in total. The molecule has 0 heterocycles. The normalized spacial score (nSPS) is 16.8. The predicted octanol–water partition coefficient (Wildman–Crippen LogP) is 1.76. The molecule has 0 spiro atoms. The molecule has 0 bridgehead atoms. The van der Waals surface area contributed by atoms with E-state index >= 15 is 0 Å². The van der Waals surface area contributed by atoms with Crippen molar-refractivity contribution >= 4 is 35.5 Å². The van der Waals surface area contributed by atoms with Crippen LogP contribution < -0.4 is 26.6 Å². The molecule has 13 heteroatoms. The molecule has 0 saturated heterocycles. The topological polar surface area (TPSA) is 203 Å². The zero-order chi connectivity index (χ0) is 34.1. The summed E-state index contributed by atoms with van der Waals surface area (Å²) < 4.78 is 0. The van der Waals surface area contributed by atoms with Crippen molar-refractivity contribution in [2.45, 2.75) is 142 Å². The minimum Gasteiger partial charge on any atom is -0.481 e. The van der Waals surface area contributed by atoms with Gasteiger partial charge in [-0.2, -0.15) is 0 Å². The molecule has 0 radical (unpaired) electrons. The summed E-state index contributed by atoms with van der Waals surface area (Å²) in [7, 11) is 0. The van der Waals surface area contributed by atoms with Crippen molar-refractivity contribution in [2.24, 2.45) is 17.8 Å². The average Bonchev–Trinajstić information content (AvgIpc) is 3.78. The summed E-state index contributed by atoms with van der Waals surface area (Å²) in [4.78, 5) is 75.5. The Kier molecular flexibility index (Phi) is 18.3. The fourth-order valence-electron chi connectivity index (χ4n) is 5.07. The van der Waals surface area contributed by atoms with E-state index in [1.165, 1.54) is 0 Å². The van der Waals surface area contributed by atoms with Gasteiger partial charge in [-0.3, -0.25) is 28.8 Å². The maximum Gasteiger partial charge on any atom is 0.303 e. The van der Waals surface area contributed by atoms with Crippen molar-refractivity contribution in [3.05, 3.63) is 0 Å². The number of likely N-dealkylation sites (N-methyl/N-ethyl adjacent to an activating group) is 1. The molecule has 0 unspecified atom stereocenters. The minimum absolute atomic E-state index is 0.0384. The summed E-state index contributed by atoms with van der Waals surface area (Å²) in [6.45, 7) is 11.7. The second-order valence-corrected chi connectivity index (χ2v) is 12.7. The first-order chi connectivity index (χ1) is 21.2. The van der Waals surface area contributed by atoms with Crippen LogP contribution in [0.2, 0.25) is 0 Å². The standard InChI is InChI=1S/C32H57N5O8/c1-7-11-22(30(43)33-9-3)34-27(40)18-25(38)23(16-19(4)5)35-31(44)24(17-21-14-15-21)36-32(45)29(20(6)8-2)37-26(39)12-10-13-28(41)42/h19-25,29,38H,7-18H2,1-6H3,(H,33,43)(H,34,40)(H,35,44)(H,36,45)(H,37,39)(H,41,42)/t20-,22-,23-,24-,25-,29-/m0/s1. The van der Waals surface area contributed by atoms with Crippen molar-refractivity contribution in [3.8, 4) is 0 Å². The number of aliphatic carboxylic acids is 1. The highest BCUT2D eigenvalue weighted by Crippen LogP contribution is 2.33. The first kappa shape index (κ1) is 39.8. The van der Waals surface area contributed by atoms with Crippen molar-refractivity contribution in [2.75, 3.05) is 6.54 Å². The van der Waals surface area contributed by atoms with E-state index in [1.54, 1.807) is 6.92 Å². The van der Waals surface area contributed by atoms with Crippen molar-refractivity contribution < 1.29 is 39.0 Å². The largest absolute Gasteiger partial charge is 0.481 e. The Balaban J connectivity index is 3.00. The summed E-state index contributed by atoms with van der Waals surface area (Å²) in [6.07, 6.45) is 2.73. The minimum atomic E-state index is -1.23. The highest BCUT2D eigenvalue weighted by Gasteiger charge is 2.36. The first-order valence-electron chi connectivity index (χ1n) is 16.6. The second kappa shape index (κ2) is 20.7. The first-order valence-corrected chi connectivity index (χ1v) is 16.6. The van der Waals surface area contributed by atoms with E-state index in [0.717, 1.165) is 12.8 Å². The number of aliphatic hydroxyl groups is 1. The number of rotatable bonds is 23. The van der Waals surface area contributed by atoms with E-state index in [1.807, 2.05) is 34.6 Å². The number of aliphatic hydroxyl groups excluding tert-OH is 1. The molecule has 0 aromatic carbocycles. The monoisotopic (exact) mass is 639 g/mol. The Morgan fingerprint density at radius 1 is 0.800 bits per heavy atom. The SMILES string of the molecule is CCC[C@H](NC(=O)C[C@H](O)[C@H](CC(C)C)NC(=O)[C@H](CC1CC1)NC(=O)[C@@H](NC(=O)CCCC(=O)O)[C@@H](C)CC)C(=O)NCC. The molecule has 13 nitrogen and oxygen atoms in total. The molecule has 0 aromatic rings. The molecule has 1 aliphatic rings. The van der Waals surface area contributed by atoms with Gasteiger partial charge in [-0.05, 0) is 50.4 Å². The van der Waals surface area contributed by atoms with Crippen LogP contribution in [0.1, 0.15) is 112 Å². The van der Waals surface area contributed by atoms with E-state index in [0.29, 0.717) is 38.6 Å². The molecule has 1 rings (SSSR count). The number of carbonyl (C=O) groups is 6. The summed E-state index contributed by atoms with van der Waals surface area (Å²) in [5, 5.41) is 33.7. The average molecular weight is 640 g/mol. The number of nitrogens with one attached hydrogen (secondary N) is 5. The Morgan fingerprint density at radius 2 is 1.47 bits per heavy atom. The van der Waals surface area contributed by atoms with E-state index in [-0.39, 0.29) is 49.3 Å². The van der Waals surface area contributed by atoms with Gasteiger partial charge in [0.1, 0.15) is 18.1 Å². The lowest BCUT2D eigenvalue weighted by atomic mass is 9.95. The van der Waals surface area contributed by atoms with Gasteiger partial charge in [0.2, 0.25) is 29.5 Å². The van der Waals surface area contributed by atoms with Crippen LogP contribution in [0, 0.1) is 17.8 Å². The molecule has 45 heavy (non-hydrogen) atoms. The Bertz CT molecular complexity index is 987. The number of carbonyl (C=O) groups excluding carboxylic acids is 5. The third-order valence-corrected chi connectivity index (χ3v) is 8.00. The van der Waals surface area contributed by atoms with Gasteiger partial charge in [-0.25, -0.2) is 0 Å². The van der Waals surface area contributed by atoms with Gasteiger partial charge in [0, 0.05) is 19.4 Å². The van der Waals surface area contributed by atoms with Crippen LogP contribution in [0.3, 0.4) is 0 Å². The molecule has 6 atom stereocenters. The maximum atomic E-state index is 13.6. The van der Waals surface area contributed by atoms with Crippen molar-refractivity contribution in [1.82, 2.24) is 26.6 Å². The van der Waals surface area contributed by atoms with E-state index < -0.39 is 59.9 Å². The molecule has 0 aromatic heterocycles. The van der Waals surface area contributed by atoms with Crippen LogP contribution in [0.4, 0.5) is 0 Å². The third-order valence-electron chi connectivity index (χ3n) is 8.00. The number of carboxylic acids is 1. The lowest BCUT2D eigenvalue weighted by molar-refractivity contribution is -0.137. The van der Waals surface area contributed by atoms with Crippen LogP contribution in [0.25, 0.3) is 0 Å². The summed E-state index contributed by atoms with van der Waals surface area (Å²) >= 11 is 0. The second-order valence-electron chi connectivity index (χ2n) is 12.7. The number of hydrogen-bond acceptors (Lipinski definition) is 7. The maximum absolute atomic E-state index is 13.6. The van der Waals surface area contributed by atoms with Crippen LogP contribution in [-0.4, -0.2) is 82.5 Å². The van der Waals surface area contributed by atoms with E-state index in [2.05, 4.69) is 26.6 Å². The quantitative estimate of drug-likeness (QED) is 0.0876. The van der Waals surface area contributed by atoms with Gasteiger partial charge < -0.3 is 36.8 Å². The Morgan fingerprint density at radius 3 is 2.00 bits per heavy atom. The van der Waals surface area contributed by atoms with Gasteiger partial charge in [0.25, 0.3) is 0 Å². The van der Waals surface area contributed by atoms with Gasteiger partial charge in [-0.1, -0.05) is 60.3 Å². The summed E-state index contributed by atoms with van der Waals surface area (Å²) in [5.41, 5.74) is 0. The van der Waals surface area contributed by atoms with Crippen LogP contribution >= 0.6 is 0 Å². The molecule has 1 fully saturated rings. The van der Waals surface area contributed by atoms with Crippen molar-refractivity contribution in [3.63, 3.8) is 0 Å². The lowest BCUT2D eigenvalue weighted by Crippen LogP contribution is -2.58. The summed E-state index contributed by atoms with van der Waals surface area (Å²) in [6, 6.07) is -3.33. The Labute approximate surface area is 267 Å². The highest BCUT2D eigenvalue weighted by atomic mass is 16.4. The number of hydrogen-bond donors (Lipinski definition) is 7. The van der Waals surface area contributed by atoms with Crippen LogP contribution in [-0.2, 0) is 28.8 Å². The van der Waals surface area contributed by atoms with Gasteiger partial charge in [0.05, 0.1) is 18.6 Å². The molecular formula is C32H57N5O8. The molecule has 0 aliphatic heterocycles. The summed E-state index contributed by atoms with van der Waals surface area (Å²) in [5.74, 6) is -3.15. The van der Waals surface area contributed by atoms with Gasteiger partial charge >= 0.3 is 5.97 Å². The van der Waals surface area contributed by atoms with E-state index in [9.17, 15) is 33.9 Å². The van der Waals surface area contributed by atoms with E-state index in [4.69, 9.17) is 5.11 Å². The fourth-order valence-corrected chi connectivity index (χ4v) is 5.07. The van der Waals surface area contributed by atoms with Crippen LogP contribution in [0.5, 0.6) is 0 Å². The molecule has 1 saturated carbocycles. The molecule has 258 valence electrons. The molecule has 1 aliphatic carbocycles. The molecule has 5 amide bonds.